The highest BCUT2D eigenvalue weighted by molar-refractivity contribution is 7.16. The monoisotopic (exact) mass is 334 g/mol. The fraction of sp³-hybridized carbons (Fsp3) is 0.389. The maximum Gasteiger partial charge on any atom is 0.124 e. The molecule has 1 aliphatic rings. The predicted molar refractivity (Wildman–Crippen MR) is 98.7 cm³/mol. The molecular formula is C18H23ClN2S. The van der Waals surface area contributed by atoms with Gasteiger partial charge in [0.25, 0.3) is 0 Å². The number of benzene rings is 1. The Morgan fingerprint density at radius 1 is 1.36 bits per heavy atom. The first-order valence-electron chi connectivity index (χ1n) is 7.66. The zero-order valence-electron chi connectivity index (χ0n) is 13.2. The predicted octanol–water partition coefficient (Wildman–Crippen LogP) is 5.42. The minimum atomic E-state index is 0.746. The van der Waals surface area contributed by atoms with Gasteiger partial charge in [0.15, 0.2) is 0 Å². The largest absolute Gasteiger partial charge is 0.316 e. The van der Waals surface area contributed by atoms with E-state index < -0.39 is 0 Å². The number of hydrogen-bond donors (Lipinski definition) is 1. The van der Waals surface area contributed by atoms with Gasteiger partial charge < -0.3 is 5.32 Å². The second-order valence-electron chi connectivity index (χ2n) is 5.63. The fourth-order valence-corrected chi connectivity index (χ4v) is 3.39. The second kappa shape index (κ2) is 8.47. The van der Waals surface area contributed by atoms with Crippen LogP contribution in [-0.2, 0) is 0 Å². The number of hydrogen-bond acceptors (Lipinski definition) is 3. The molecule has 1 aromatic carbocycles. The van der Waals surface area contributed by atoms with Gasteiger partial charge in [-0.05, 0) is 50.9 Å². The smallest absolute Gasteiger partial charge is 0.124 e. The first-order chi connectivity index (χ1) is 10.6. The van der Waals surface area contributed by atoms with E-state index in [4.69, 9.17) is 11.6 Å². The fourth-order valence-electron chi connectivity index (χ4n) is 2.34. The van der Waals surface area contributed by atoms with Crippen molar-refractivity contribution in [1.29, 1.82) is 0 Å². The average molecular weight is 335 g/mol. The molecule has 0 spiro atoms. The van der Waals surface area contributed by atoms with E-state index in [1.165, 1.54) is 25.9 Å². The molecule has 1 aliphatic heterocycles. The van der Waals surface area contributed by atoms with E-state index in [2.05, 4.69) is 23.8 Å². The number of rotatable bonds is 2. The van der Waals surface area contributed by atoms with Crippen molar-refractivity contribution in [2.75, 3.05) is 13.1 Å². The van der Waals surface area contributed by atoms with Crippen LogP contribution in [0.1, 0.15) is 30.3 Å². The minimum absolute atomic E-state index is 0.746. The molecule has 1 aromatic heterocycles. The Morgan fingerprint density at radius 3 is 2.55 bits per heavy atom. The summed E-state index contributed by atoms with van der Waals surface area (Å²) in [6.45, 7) is 10.5. The van der Waals surface area contributed by atoms with E-state index in [0.717, 1.165) is 32.1 Å². The Morgan fingerprint density at radius 2 is 2.09 bits per heavy atom. The molecule has 1 fully saturated rings. The van der Waals surface area contributed by atoms with Gasteiger partial charge in [0.2, 0.25) is 0 Å². The van der Waals surface area contributed by atoms with Crippen molar-refractivity contribution in [1.82, 2.24) is 10.3 Å². The molecular weight excluding hydrogens is 312 g/mol. The summed E-state index contributed by atoms with van der Waals surface area (Å²) in [4.78, 5) is 5.61. The lowest BCUT2D eigenvalue weighted by molar-refractivity contribution is 0.405. The van der Waals surface area contributed by atoms with Crippen molar-refractivity contribution in [3.63, 3.8) is 0 Å². The maximum atomic E-state index is 5.83. The van der Waals surface area contributed by atoms with Crippen LogP contribution in [-0.4, -0.2) is 18.1 Å². The lowest BCUT2D eigenvalue weighted by Gasteiger charge is -2.17. The van der Waals surface area contributed by atoms with Gasteiger partial charge in [-0.15, -0.1) is 11.3 Å². The van der Waals surface area contributed by atoms with Gasteiger partial charge >= 0.3 is 0 Å². The van der Waals surface area contributed by atoms with Crippen LogP contribution in [0.3, 0.4) is 0 Å². The standard InChI is InChI=1S/C12H10ClNS.C6H13N/c1-3-11-8(2)14-12(15-11)9-4-6-10(13)7-5-9;1-6-3-2-4-7-5-6/h3-7H,1H2,2H3;6-7H,2-5H2,1H3. The molecule has 1 N–H and O–H groups in total. The average Bonchev–Trinajstić information content (AvgIpc) is 2.90. The van der Waals surface area contributed by atoms with Gasteiger partial charge in [0.05, 0.1) is 5.69 Å². The normalized spacial score (nSPS) is 17.5. The van der Waals surface area contributed by atoms with Crippen LogP contribution in [0.25, 0.3) is 16.6 Å². The number of aryl methyl sites for hydroxylation is 1. The highest BCUT2D eigenvalue weighted by atomic mass is 35.5. The van der Waals surface area contributed by atoms with E-state index in [9.17, 15) is 0 Å². The summed E-state index contributed by atoms with van der Waals surface area (Å²) in [5.41, 5.74) is 2.13. The molecule has 1 atom stereocenters. The number of nitrogens with one attached hydrogen (secondary N) is 1. The molecule has 22 heavy (non-hydrogen) atoms. The van der Waals surface area contributed by atoms with E-state index in [0.29, 0.717) is 0 Å². The van der Waals surface area contributed by atoms with E-state index in [1.54, 1.807) is 11.3 Å². The van der Waals surface area contributed by atoms with Crippen LogP contribution < -0.4 is 5.32 Å². The molecule has 1 unspecified atom stereocenters. The van der Waals surface area contributed by atoms with E-state index in [1.807, 2.05) is 37.3 Å². The van der Waals surface area contributed by atoms with Crippen LogP contribution >= 0.6 is 22.9 Å². The van der Waals surface area contributed by atoms with Crippen LogP contribution in [0.2, 0.25) is 5.02 Å². The highest BCUT2D eigenvalue weighted by Gasteiger charge is 2.06. The number of nitrogens with zero attached hydrogens (tertiary/aromatic N) is 1. The number of piperidine rings is 1. The molecule has 3 rings (SSSR count). The van der Waals surface area contributed by atoms with Gasteiger partial charge in [-0.2, -0.15) is 0 Å². The molecule has 0 saturated carbocycles. The van der Waals surface area contributed by atoms with Gasteiger partial charge in [-0.3, -0.25) is 0 Å². The second-order valence-corrected chi connectivity index (χ2v) is 7.10. The molecule has 0 aliphatic carbocycles. The Balaban J connectivity index is 0.000000211. The lowest BCUT2D eigenvalue weighted by atomic mass is 10.0. The third-order valence-corrected chi connectivity index (χ3v) is 5.11. The van der Waals surface area contributed by atoms with Gasteiger partial charge in [-0.25, -0.2) is 4.98 Å². The number of halogens is 1. The molecule has 4 heteroatoms. The summed E-state index contributed by atoms with van der Waals surface area (Å²) in [6, 6.07) is 7.71. The first-order valence-corrected chi connectivity index (χ1v) is 8.86. The zero-order valence-corrected chi connectivity index (χ0v) is 14.8. The molecule has 0 radical (unpaired) electrons. The molecule has 2 heterocycles. The zero-order chi connectivity index (χ0) is 15.9. The van der Waals surface area contributed by atoms with Crippen molar-refractivity contribution < 1.29 is 0 Å². The van der Waals surface area contributed by atoms with E-state index in [-0.39, 0.29) is 0 Å². The van der Waals surface area contributed by atoms with Crippen molar-refractivity contribution in [3.05, 3.63) is 46.4 Å². The van der Waals surface area contributed by atoms with Crippen molar-refractivity contribution >= 4 is 29.0 Å². The van der Waals surface area contributed by atoms with Gasteiger partial charge in [-0.1, -0.05) is 43.3 Å². The van der Waals surface area contributed by atoms with Crippen molar-refractivity contribution in [2.24, 2.45) is 5.92 Å². The SMILES string of the molecule is C=Cc1sc(-c2ccc(Cl)cc2)nc1C.CC1CCCNC1. The third-order valence-electron chi connectivity index (χ3n) is 3.65. The molecule has 2 nitrogen and oxygen atoms in total. The molecule has 2 aromatic rings. The number of thiazole rings is 1. The topological polar surface area (TPSA) is 24.9 Å². The summed E-state index contributed by atoms with van der Waals surface area (Å²) >= 11 is 7.48. The minimum Gasteiger partial charge on any atom is -0.316 e. The molecule has 0 bridgehead atoms. The molecule has 1 saturated heterocycles. The summed E-state index contributed by atoms with van der Waals surface area (Å²) in [7, 11) is 0. The quantitative estimate of drug-likeness (QED) is 0.793. The first kappa shape index (κ1) is 17.2. The summed E-state index contributed by atoms with van der Waals surface area (Å²) in [5, 5.41) is 5.09. The summed E-state index contributed by atoms with van der Waals surface area (Å²) < 4.78 is 0. The van der Waals surface area contributed by atoms with Gasteiger partial charge in [0.1, 0.15) is 5.01 Å². The number of aromatic nitrogens is 1. The Labute approximate surface area is 142 Å². The Hall–Kier alpha value is -1.16. The maximum absolute atomic E-state index is 5.83. The Kier molecular flexibility index (Phi) is 6.62. The van der Waals surface area contributed by atoms with Crippen molar-refractivity contribution in [3.8, 4) is 10.6 Å². The van der Waals surface area contributed by atoms with Crippen LogP contribution in [0, 0.1) is 12.8 Å². The highest BCUT2D eigenvalue weighted by Crippen LogP contribution is 2.29. The van der Waals surface area contributed by atoms with Crippen LogP contribution in [0.15, 0.2) is 30.8 Å². The van der Waals surface area contributed by atoms with Crippen molar-refractivity contribution in [2.45, 2.75) is 26.7 Å². The molecule has 118 valence electrons. The van der Waals surface area contributed by atoms with E-state index >= 15 is 0 Å². The summed E-state index contributed by atoms with van der Waals surface area (Å²) in [5.74, 6) is 0.925. The van der Waals surface area contributed by atoms with Crippen LogP contribution in [0.5, 0.6) is 0 Å². The molecule has 0 amide bonds. The summed E-state index contributed by atoms with van der Waals surface area (Å²) in [6.07, 6.45) is 4.64. The van der Waals surface area contributed by atoms with Crippen LogP contribution in [0.4, 0.5) is 0 Å². The van der Waals surface area contributed by atoms with Gasteiger partial charge in [0, 0.05) is 15.5 Å². The lowest BCUT2D eigenvalue weighted by Crippen LogP contribution is -2.27. The Bertz CT molecular complexity index is 598. The third kappa shape index (κ3) is 4.94.